The van der Waals surface area contributed by atoms with Gasteiger partial charge in [0.2, 0.25) is 0 Å². The van der Waals surface area contributed by atoms with E-state index in [2.05, 4.69) is 12.2 Å². The first-order chi connectivity index (χ1) is 8.70. The van der Waals surface area contributed by atoms with Crippen LogP contribution in [0, 0.1) is 5.92 Å². The fourth-order valence-corrected chi connectivity index (χ4v) is 3.09. The minimum absolute atomic E-state index is 0.308. The van der Waals surface area contributed by atoms with Crippen LogP contribution in [-0.2, 0) is 4.74 Å². The largest absolute Gasteiger partial charge is 0.388 e. The topological polar surface area (TPSA) is 41.5 Å². The van der Waals surface area contributed by atoms with Crippen LogP contribution in [-0.4, -0.2) is 30.9 Å². The van der Waals surface area contributed by atoms with Gasteiger partial charge in [0.25, 0.3) is 0 Å². The highest BCUT2D eigenvalue weighted by Gasteiger charge is 2.32. The maximum absolute atomic E-state index is 10.1. The van der Waals surface area contributed by atoms with E-state index >= 15 is 0 Å². The highest BCUT2D eigenvalue weighted by Crippen LogP contribution is 2.33. The molecule has 0 saturated heterocycles. The quantitative estimate of drug-likeness (QED) is 0.762. The van der Waals surface area contributed by atoms with Crippen LogP contribution in [0.1, 0.15) is 37.2 Å². The average molecular weight is 269 g/mol. The number of methoxy groups -OCH3 is 1. The molecule has 1 aliphatic rings. The molecule has 4 heteroatoms. The molecule has 3 atom stereocenters. The van der Waals surface area contributed by atoms with Crippen LogP contribution in [0.4, 0.5) is 0 Å². The smallest absolute Gasteiger partial charge is 0.0896 e. The van der Waals surface area contributed by atoms with Crippen LogP contribution in [0.25, 0.3) is 0 Å². The molecule has 102 valence electrons. The molecule has 2 rings (SSSR count). The van der Waals surface area contributed by atoms with Crippen molar-refractivity contribution in [1.29, 1.82) is 0 Å². The van der Waals surface area contributed by atoms with Crippen molar-refractivity contribution >= 4 is 11.3 Å². The number of ether oxygens (including phenoxy) is 1. The van der Waals surface area contributed by atoms with E-state index in [4.69, 9.17) is 4.74 Å². The third kappa shape index (κ3) is 4.05. The lowest BCUT2D eigenvalue weighted by Gasteiger charge is -2.24. The highest BCUT2D eigenvalue weighted by molar-refractivity contribution is 7.10. The number of aliphatic hydroxyl groups excluding tert-OH is 1. The summed E-state index contributed by atoms with van der Waals surface area (Å²) >= 11 is 1.62. The fourth-order valence-electron chi connectivity index (χ4n) is 2.36. The molecule has 1 aromatic rings. The van der Waals surface area contributed by atoms with Crippen LogP contribution in [0.15, 0.2) is 17.5 Å². The number of thiophene rings is 1. The fraction of sp³-hybridized carbons (Fsp3) is 0.714. The summed E-state index contributed by atoms with van der Waals surface area (Å²) in [6.45, 7) is 2.91. The van der Waals surface area contributed by atoms with Crippen molar-refractivity contribution in [2.75, 3.05) is 13.7 Å². The Hall–Kier alpha value is -0.420. The molecule has 2 N–H and O–H groups in total. The lowest BCUT2D eigenvalue weighted by Crippen LogP contribution is -2.41. The standard InChI is InChI=1S/C14H23NO2S/c1-10(8-13(16)14-4-3-7-18-14)15-12(9-17-2)11-5-6-11/h3-4,7,10-13,15-16H,5-6,8-9H2,1-2H3. The van der Waals surface area contributed by atoms with E-state index in [-0.39, 0.29) is 6.10 Å². The molecule has 3 nitrogen and oxygen atoms in total. The van der Waals surface area contributed by atoms with Gasteiger partial charge in [0.05, 0.1) is 12.7 Å². The first-order valence-electron chi connectivity index (χ1n) is 6.67. The zero-order chi connectivity index (χ0) is 13.0. The molecule has 18 heavy (non-hydrogen) atoms. The van der Waals surface area contributed by atoms with Crippen molar-refractivity contribution in [1.82, 2.24) is 5.32 Å². The summed E-state index contributed by atoms with van der Waals surface area (Å²) in [5.74, 6) is 0.770. The Balaban J connectivity index is 1.78. The first kappa shape index (κ1) is 14.0. The number of nitrogens with one attached hydrogen (secondary N) is 1. The molecule has 1 heterocycles. The normalized spacial score (nSPS) is 20.6. The second kappa shape index (κ2) is 6.66. The summed E-state index contributed by atoms with van der Waals surface area (Å²) in [4.78, 5) is 1.05. The Morgan fingerprint density at radius 2 is 2.33 bits per heavy atom. The molecule has 1 saturated carbocycles. The van der Waals surface area contributed by atoms with Gasteiger partial charge in [0, 0.05) is 24.1 Å². The van der Waals surface area contributed by atoms with E-state index in [9.17, 15) is 5.11 Å². The van der Waals surface area contributed by atoms with Crippen molar-refractivity contribution in [2.24, 2.45) is 5.92 Å². The van der Waals surface area contributed by atoms with Gasteiger partial charge in [0.15, 0.2) is 0 Å². The summed E-state index contributed by atoms with van der Waals surface area (Å²) in [5, 5.41) is 15.7. The number of hydrogen-bond acceptors (Lipinski definition) is 4. The lowest BCUT2D eigenvalue weighted by atomic mass is 10.1. The monoisotopic (exact) mass is 269 g/mol. The SMILES string of the molecule is COCC(NC(C)CC(O)c1cccs1)C1CC1. The van der Waals surface area contributed by atoms with Crippen molar-refractivity contribution in [3.63, 3.8) is 0 Å². The van der Waals surface area contributed by atoms with Gasteiger partial charge in [-0.3, -0.25) is 0 Å². The van der Waals surface area contributed by atoms with Gasteiger partial charge >= 0.3 is 0 Å². The van der Waals surface area contributed by atoms with Crippen LogP contribution < -0.4 is 5.32 Å². The summed E-state index contributed by atoms with van der Waals surface area (Å²) < 4.78 is 5.26. The van der Waals surface area contributed by atoms with E-state index in [1.54, 1.807) is 18.4 Å². The zero-order valence-corrected chi connectivity index (χ0v) is 12.0. The molecule has 0 amide bonds. The molecular formula is C14H23NO2S. The minimum Gasteiger partial charge on any atom is -0.388 e. The predicted octanol–water partition coefficient (Wildman–Crippen LogP) is 2.57. The van der Waals surface area contributed by atoms with Gasteiger partial charge in [-0.2, -0.15) is 0 Å². The Morgan fingerprint density at radius 3 is 2.89 bits per heavy atom. The maximum atomic E-state index is 10.1. The molecule has 0 aromatic carbocycles. The van der Waals surface area contributed by atoms with Crippen LogP contribution >= 0.6 is 11.3 Å². The Bertz CT molecular complexity index is 338. The number of hydrogen-bond donors (Lipinski definition) is 2. The Kier molecular flexibility index (Phi) is 5.18. The van der Waals surface area contributed by atoms with E-state index in [0.717, 1.165) is 23.8 Å². The summed E-state index contributed by atoms with van der Waals surface area (Å²) in [7, 11) is 1.75. The van der Waals surface area contributed by atoms with Gasteiger partial charge in [-0.1, -0.05) is 6.07 Å². The average Bonchev–Trinajstić information content (AvgIpc) is 3.03. The predicted molar refractivity (Wildman–Crippen MR) is 74.9 cm³/mol. The van der Waals surface area contributed by atoms with Crippen molar-refractivity contribution < 1.29 is 9.84 Å². The van der Waals surface area contributed by atoms with Crippen molar-refractivity contribution in [3.8, 4) is 0 Å². The zero-order valence-electron chi connectivity index (χ0n) is 11.1. The molecule has 1 fully saturated rings. The van der Waals surface area contributed by atoms with Crippen LogP contribution in [0.3, 0.4) is 0 Å². The van der Waals surface area contributed by atoms with E-state index in [1.807, 2.05) is 17.5 Å². The first-order valence-corrected chi connectivity index (χ1v) is 7.55. The third-order valence-electron chi connectivity index (χ3n) is 3.48. The summed E-state index contributed by atoms with van der Waals surface area (Å²) in [6, 6.07) is 4.73. The highest BCUT2D eigenvalue weighted by atomic mass is 32.1. The summed E-state index contributed by atoms with van der Waals surface area (Å²) in [5.41, 5.74) is 0. The van der Waals surface area contributed by atoms with Gasteiger partial charge in [-0.15, -0.1) is 11.3 Å². The maximum Gasteiger partial charge on any atom is 0.0896 e. The molecular weight excluding hydrogens is 246 g/mol. The van der Waals surface area contributed by atoms with Crippen LogP contribution in [0.2, 0.25) is 0 Å². The second-order valence-electron chi connectivity index (χ2n) is 5.23. The Morgan fingerprint density at radius 1 is 1.56 bits per heavy atom. The third-order valence-corrected chi connectivity index (χ3v) is 4.46. The number of aliphatic hydroxyl groups is 1. The molecule has 0 aliphatic heterocycles. The lowest BCUT2D eigenvalue weighted by molar-refractivity contribution is 0.130. The van der Waals surface area contributed by atoms with E-state index in [0.29, 0.717) is 12.1 Å². The summed E-state index contributed by atoms with van der Waals surface area (Å²) in [6.07, 6.45) is 3.02. The van der Waals surface area contributed by atoms with Crippen LogP contribution in [0.5, 0.6) is 0 Å². The number of rotatable bonds is 8. The van der Waals surface area contributed by atoms with Gasteiger partial charge < -0.3 is 15.2 Å². The van der Waals surface area contributed by atoms with Crippen molar-refractivity contribution in [3.05, 3.63) is 22.4 Å². The van der Waals surface area contributed by atoms with Gasteiger partial charge in [-0.05, 0) is 43.6 Å². The Labute approximate surface area is 113 Å². The van der Waals surface area contributed by atoms with Gasteiger partial charge in [0.1, 0.15) is 0 Å². The minimum atomic E-state index is -0.352. The van der Waals surface area contributed by atoms with Crippen molar-refractivity contribution in [2.45, 2.75) is 44.4 Å². The van der Waals surface area contributed by atoms with E-state index < -0.39 is 0 Å². The van der Waals surface area contributed by atoms with E-state index in [1.165, 1.54) is 12.8 Å². The molecule has 0 spiro atoms. The molecule has 0 radical (unpaired) electrons. The molecule has 1 aromatic heterocycles. The second-order valence-corrected chi connectivity index (χ2v) is 6.21. The molecule has 1 aliphatic carbocycles. The molecule has 3 unspecified atom stereocenters. The molecule has 0 bridgehead atoms. The van der Waals surface area contributed by atoms with Gasteiger partial charge in [-0.25, -0.2) is 0 Å².